The van der Waals surface area contributed by atoms with Gasteiger partial charge in [0.2, 0.25) is 5.95 Å². The summed E-state index contributed by atoms with van der Waals surface area (Å²) in [5.74, 6) is -0.489. The quantitative estimate of drug-likeness (QED) is 0.830. The van der Waals surface area contributed by atoms with Crippen molar-refractivity contribution in [2.45, 2.75) is 19.9 Å². The molecule has 1 N–H and O–H groups in total. The molecule has 6 nitrogen and oxygen atoms in total. The maximum absolute atomic E-state index is 11.0. The minimum absolute atomic E-state index is 0.0589. The van der Waals surface area contributed by atoms with Crippen molar-refractivity contribution in [1.29, 1.82) is 0 Å². The molecule has 1 aliphatic heterocycles. The van der Waals surface area contributed by atoms with Crippen LogP contribution in [0.3, 0.4) is 0 Å². The molecule has 0 aromatic carbocycles. The summed E-state index contributed by atoms with van der Waals surface area (Å²) in [6.45, 7) is 6.57. The largest absolute Gasteiger partial charge is 0.477 e. The van der Waals surface area contributed by atoms with E-state index in [2.05, 4.69) is 33.7 Å². The molecule has 0 spiro atoms. The number of hydrogen-bond acceptors (Lipinski definition) is 5. The first-order valence-electron chi connectivity index (χ1n) is 6.01. The van der Waals surface area contributed by atoms with Crippen molar-refractivity contribution in [3.63, 3.8) is 0 Å². The standard InChI is InChI=1S/C12H18N4O2/c1-8-6-10(11(17)18)14-12(13-8)16-5-4-15(3)7-9(16)2/h6,9H,4-5,7H2,1-3H3,(H,17,18). The molecule has 1 atom stereocenters. The van der Waals surface area contributed by atoms with E-state index >= 15 is 0 Å². The second kappa shape index (κ2) is 4.89. The number of nitrogens with zero attached hydrogens (tertiary/aromatic N) is 4. The number of aromatic carboxylic acids is 1. The van der Waals surface area contributed by atoms with Gasteiger partial charge in [-0.25, -0.2) is 14.8 Å². The maximum atomic E-state index is 11.0. The van der Waals surface area contributed by atoms with Gasteiger partial charge in [0.15, 0.2) is 5.69 Å². The van der Waals surface area contributed by atoms with Crippen LogP contribution in [0.25, 0.3) is 0 Å². The van der Waals surface area contributed by atoms with Crippen molar-refractivity contribution in [2.24, 2.45) is 0 Å². The van der Waals surface area contributed by atoms with Crippen LogP contribution in [0.2, 0.25) is 0 Å². The highest BCUT2D eigenvalue weighted by Gasteiger charge is 2.24. The summed E-state index contributed by atoms with van der Waals surface area (Å²) >= 11 is 0. The number of carbonyl (C=O) groups is 1. The van der Waals surface area contributed by atoms with Gasteiger partial charge in [0.05, 0.1) is 0 Å². The predicted molar refractivity (Wildman–Crippen MR) is 68.0 cm³/mol. The van der Waals surface area contributed by atoms with Crippen LogP contribution >= 0.6 is 0 Å². The number of anilines is 1. The Morgan fingerprint density at radius 3 is 2.78 bits per heavy atom. The molecule has 1 unspecified atom stereocenters. The third-order valence-electron chi connectivity index (χ3n) is 3.15. The van der Waals surface area contributed by atoms with Gasteiger partial charge in [0.1, 0.15) is 0 Å². The topological polar surface area (TPSA) is 69.6 Å². The third kappa shape index (κ3) is 2.59. The molecule has 1 aromatic heterocycles. The molecule has 1 aromatic rings. The fourth-order valence-corrected chi connectivity index (χ4v) is 2.23. The molecule has 6 heteroatoms. The number of hydrogen-bond donors (Lipinski definition) is 1. The lowest BCUT2D eigenvalue weighted by molar-refractivity contribution is 0.0690. The van der Waals surface area contributed by atoms with Crippen LogP contribution in [-0.2, 0) is 0 Å². The number of aryl methyl sites for hydroxylation is 1. The summed E-state index contributed by atoms with van der Waals surface area (Å²) in [7, 11) is 2.08. The molecule has 0 radical (unpaired) electrons. The molecule has 0 aliphatic carbocycles. The molecular weight excluding hydrogens is 232 g/mol. The van der Waals surface area contributed by atoms with E-state index in [-0.39, 0.29) is 11.7 Å². The van der Waals surface area contributed by atoms with Crippen LogP contribution < -0.4 is 4.90 Å². The van der Waals surface area contributed by atoms with Crippen molar-refractivity contribution in [1.82, 2.24) is 14.9 Å². The van der Waals surface area contributed by atoms with Crippen molar-refractivity contribution in [3.8, 4) is 0 Å². The van der Waals surface area contributed by atoms with Gasteiger partial charge in [0, 0.05) is 31.4 Å². The van der Waals surface area contributed by atoms with Gasteiger partial charge in [-0.05, 0) is 27.0 Å². The highest BCUT2D eigenvalue weighted by atomic mass is 16.4. The van der Waals surface area contributed by atoms with Crippen LogP contribution in [-0.4, -0.2) is 58.7 Å². The molecular formula is C12H18N4O2. The summed E-state index contributed by atoms with van der Waals surface area (Å²) in [6.07, 6.45) is 0. The fourth-order valence-electron chi connectivity index (χ4n) is 2.23. The van der Waals surface area contributed by atoms with E-state index in [9.17, 15) is 4.79 Å². The average molecular weight is 250 g/mol. The molecule has 2 heterocycles. The van der Waals surface area contributed by atoms with E-state index in [1.54, 1.807) is 6.92 Å². The second-order valence-corrected chi connectivity index (χ2v) is 4.80. The predicted octanol–water partition coefficient (Wildman–Crippen LogP) is 0.624. The zero-order valence-electron chi connectivity index (χ0n) is 10.9. The van der Waals surface area contributed by atoms with Crippen LogP contribution in [0.5, 0.6) is 0 Å². The maximum Gasteiger partial charge on any atom is 0.354 e. The third-order valence-corrected chi connectivity index (χ3v) is 3.15. The average Bonchev–Trinajstić information content (AvgIpc) is 2.27. The van der Waals surface area contributed by atoms with Crippen LogP contribution in [0.4, 0.5) is 5.95 Å². The first kappa shape index (κ1) is 12.8. The van der Waals surface area contributed by atoms with Crippen molar-refractivity contribution < 1.29 is 9.90 Å². The Morgan fingerprint density at radius 2 is 2.17 bits per heavy atom. The molecule has 0 amide bonds. The number of aromatic nitrogens is 2. The lowest BCUT2D eigenvalue weighted by atomic mass is 10.2. The Morgan fingerprint density at radius 1 is 1.44 bits per heavy atom. The molecule has 1 fully saturated rings. The van der Waals surface area contributed by atoms with E-state index in [0.29, 0.717) is 11.6 Å². The van der Waals surface area contributed by atoms with E-state index < -0.39 is 5.97 Å². The molecule has 2 rings (SSSR count). The monoisotopic (exact) mass is 250 g/mol. The Hall–Kier alpha value is -1.69. The number of piperazine rings is 1. The van der Waals surface area contributed by atoms with E-state index in [0.717, 1.165) is 19.6 Å². The summed E-state index contributed by atoms with van der Waals surface area (Å²) in [4.78, 5) is 23.8. The molecule has 18 heavy (non-hydrogen) atoms. The number of rotatable bonds is 2. The molecule has 98 valence electrons. The zero-order chi connectivity index (χ0) is 13.3. The van der Waals surface area contributed by atoms with Crippen molar-refractivity contribution in [3.05, 3.63) is 17.5 Å². The SMILES string of the molecule is Cc1cc(C(=O)O)nc(N2CCN(C)CC2C)n1. The first-order chi connectivity index (χ1) is 8.47. The second-order valence-electron chi connectivity index (χ2n) is 4.80. The van der Waals surface area contributed by atoms with Gasteiger partial charge in [-0.3, -0.25) is 0 Å². The Labute approximate surface area is 106 Å². The summed E-state index contributed by atoms with van der Waals surface area (Å²) in [5.41, 5.74) is 0.743. The number of carboxylic acid groups (broad SMARTS) is 1. The van der Waals surface area contributed by atoms with Gasteiger partial charge >= 0.3 is 5.97 Å². The van der Waals surface area contributed by atoms with Gasteiger partial charge in [-0.1, -0.05) is 0 Å². The normalized spacial score (nSPS) is 21.1. The summed E-state index contributed by atoms with van der Waals surface area (Å²) in [5, 5.41) is 9.02. The van der Waals surface area contributed by atoms with Crippen molar-refractivity contribution in [2.75, 3.05) is 31.6 Å². The van der Waals surface area contributed by atoms with Crippen LogP contribution in [0.15, 0.2) is 6.07 Å². The zero-order valence-corrected chi connectivity index (χ0v) is 10.9. The molecule has 0 bridgehead atoms. The Bertz CT molecular complexity index is 463. The minimum atomic E-state index is -1.01. The van der Waals surface area contributed by atoms with E-state index in [4.69, 9.17) is 5.11 Å². The van der Waals surface area contributed by atoms with Gasteiger partial charge in [-0.2, -0.15) is 0 Å². The Balaban J connectivity index is 2.30. The lowest BCUT2D eigenvalue weighted by Crippen LogP contribution is -2.51. The van der Waals surface area contributed by atoms with E-state index in [1.165, 1.54) is 6.07 Å². The van der Waals surface area contributed by atoms with Crippen molar-refractivity contribution >= 4 is 11.9 Å². The van der Waals surface area contributed by atoms with Crippen LogP contribution in [0, 0.1) is 6.92 Å². The van der Waals surface area contributed by atoms with Gasteiger partial charge < -0.3 is 14.9 Å². The fraction of sp³-hybridized carbons (Fsp3) is 0.583. The van der Waals surface area contributed by atoms with Gasteiger partial charge in [-0.15, -0.1) is 0 Å². The molecule has 0 saturated carbocycles. The summed E-state index contributed by atoms with van der Waals surface area (Å²) in [6, 6.07) is 1.78. The smallest absolute Gasteiger partial charge is 0.354 e. The van der Waals surface area contributed by atoms with Gasteiger partial charge in [0.25, 0.3) is 0 Å². The minimum Gasteiger partial charge on any atom is -0.477 e. The highest BCUT2D eigenvalue weighted by Crippen LogP contribution is 2.17. The van der Waals surface area contributed by atoms with E-state index in [1.807, 2.05) is 0 Å². The molecule has 1 aliphatic rings. The lowest BCUT2D eigenvalue weighted by Gasteiger charge is -2.38. The van der Waals surface area contributed by atoms with Crippen LogP contribution in [0.1, 0.15) is 23.1 Å². The number of carboxylic acids is 1. The first-order valence-corrected chi connectivity index (χ1v) is 6.01. The molecule has 1 saturated heterocycles. The summed E-state index contributed by atoms with van der Waals surface area (Å²) < 4.78 is 0. The highest BCUT2D eigenvalue weighted by molar-refractivity contribution is 5.85. The number of likely N-dealkylation sites (N-methyl/N-ethyl adjacent to an activating group) is 1. The Kier molecular flexibility index (Phi) is 3.47.